The zero-order chi connectivity index (χ0) is 24.8. The summed E-state index contributed by atoms with van der Waals surface area (Å²) in [6.45, 7) is 3.02. The van der Waals surface area contributed by atoms with Crippen molar-refractivity contribution in [3.63, 3.8) is 0 Å². The molecule has 0 aromatic heterocycles. The summed E-state index contributed by atoms with van der Waals surface area (Å²) >= 11 is 0. The van der Waals surface area contributed by atoms with Crippen molar-refractivity contribution >= 4 is 5.91 Å². The lowest BCUT2D eigenvalue weighted by molar-refractivity contribution is -0.137. The van der Waals surface area contributed by atoms with Crippen LogP contribution in [0.1, 0.15) is 36.1 Å². The third-order valence-corrected chi connectivity index (χ3v) is 6.48. The first-order valence-corrected chi connectivity index (χ1v) is 11.5. The molecule has 0 bridgehead atoms. The number of hydrogen-bond acceptors (Lipinski definition) is 7. The van der Waals surface area contributed by atoms with Crippen molar-refractivity contribution in [2.45, 2.75) is 38.5 Å². The topological polar surface area (TPSA) is 80.7 Å². The Labute approximate surface area is 202 Å². The number of carbonyl (C=O) groups excluding carboxylic acids is 1. The molecule has 0 saturated heterocycles. The minimum absolute atomic E-state index is 0.0604. The third-order valence-electron chi connectivity index (χ3n) is 6.48. The van der Waals surface area contributed by atoms with E-state index >= 15 is 0 Å². The lowest BCUT2D eigenvalue weighted by atomic mass is 10.0. The van der Waals surface area contributed by atoms with E-state index in [1.165, 1.54) is 0 Å². The van der Waals surface area contributed by atoms with Gasteiger partial charge in [0.25, 0.3) is 0 Å². The third kappa shape index (κ3) is 5.39. The van der Waals surface area contributed by atoms with E-state index in [0.717, 1.165) is 29.5 Å². The van der Waals surface area contributed by atoms with E-state index in [2.05, 4.69) is 6.92 Å². The van der Waals surface area contributed by atoms with Crippen LogP contribution in [0, 0.1) is 0 Å². The zero-order valence-electron chi connectivity index (χ0n) is 21.0. The number of likely N-dealkylation sites (N-methyl/N-ethyl adjacent to an activating group) is 1. The molecule has 0 saturated carbocycles. The summed E-state index contributed by atoms with van der Waals surface area (Å²) in [6, 6.07) is 9.27. The lowest BCUT2D eigenvalue weighted by Crippen LogP contribution is -2.50. The van der Waals surface area contributed by atoms with Crippen LogP contribution in [0.15, 0.2) is 30.3 Å². The van der Waals surface area contributed by atoms with Crippen LogP contribution in [0.2, 0.25) is 0 Å². The molecule has 2 atom stereocenters. The average Bonchev–Trinajstić information content (AvgIpc) is 3.00. The number of methoxy groups -OCH3 is 4. The molecule has 2 aromatic rings. The van der Waals surface area contributed by atoms with Crippen LogP contribution in [0.5, 0.6) is 23.0 Å². The van der Waals surface area contributed by atoms with Crippen molar-refractivity contribution in [3.05, 3.63) is 47.0 Å². The van der Waals surface area contributed by atoms with Crippen LogP contribution in [-0.2, 0) is 17.6 Å². The molecule has 2 aromatic carbocycles. The van der Waals surface area contributed by atoms with Crippen molar-refractivity contribution in [1.29, 1.82) is 0 Å². The Hall–Kier alpha value is -2.97. The van der Waals surface area contributed by atoms with Crippen molar-refractivity contribution in [2.75, 3.05) is 48.6 Å². The molecule has 0 spiro atoms. The van der Waals surface area contributed by atoms with E-state index in [0.29, 0.717) is 42.5 Å². The fourth-order valence-corrected chi connectivity index (χ4v) is 4.64. The number of amides is 1. The van der Waals surface area contributed by atoms with Gasteiger partial charge in [0.2, 0.25) is 5.91 Å². The summed E-state index contributed by atoms with van der Waals surface area (Å²) in [5.41, 5.74) is 2.79. The van der Waals surface area contributed by atoms with Gasteiger partial charge in [-0.25, -0.2) is 0 Å². The Kier molecular flexibility index (Phi) is 8.63. The molecule has 186 valence electrons. The summed E-state index contributed by atoms with van der Waals surface area (Å²) in [4.78, 5) is 17.2. The van der Waals surface area contributed by atoms with E-state index in [1.54, 1.807) is 40.6 Å². The number of benzene rings is 2. The average molecular weight is 473 g/mol. The highest BCUT2D eigenvalue weighted by molar-refractivity contribution is 5.80. The SMILES string of the molecule is CCC(N(C)CC(O)c1ccc(OC)c(OC)c1)N1CCc2cc(OC)c(OC)cc2CC1=O. The molecule has 1 N–H and O–H groups in total. The number of carbonyl (C=O) groups is 1. The lowest BCUT2D eigenvalue weighted by Gasteiger charge is -2.37. The molecule has 2 unspecified atom stereocenters. The van der Waals surface area contributed by atoms with Gasteiger partial charge in [-0.3, -0.25) is 9.69 Å². The van der Waals surface area contributed by atoms with Crippen LogP contribution in [0.25, 0.3) is 0 Å². The molecule has 8 heteroatoms. The second-order valence-electron chi connectivity index (χ2n) is 8.45. The van der Waals surface area contributed by atoms with Gasteiger partial charge in [0.05, 0.1) is 47.1 Å². The highest BCUT2D eigenvalue weighted by Gasteiger charge is 2.30. The fourth-order valence-electron chi connectivity index (χ4n) is 4.64. The summed E-state index contributed by atoms with van der Waals surface area (Å²) < 4.78 is 21.5. The van der Waals surface area contributed by atoms with Crippen LogP contribution < -0.4 is 18.9 Å². The first-order valence-electron chi connectivity index (χ1n) is 11.5. The van der Waals surface area contributed by atoms with E-state index in [1.807, 2.05) is 35.0 Å². The van der Waals surface area contributed by atoms with Gasteiger partial charge in [-0.05, 0) is 60.8 Å². The van der Waals surface area contributed by atoms with E-state index in [-0.39, 0.29) is 12.1 Å². The number of rotatable bonds is 10. The van der Waals surface area contributed by atoms with Crippen LogP contribution in [0.3, 0.4) is 0 Å². The van der Waals surface area contributed by atoms with Crippen molar-refractivity contribution < 1.29 is 28.8 Å². The molecular weight excluding hydrogens is 436 g/mol. The maximum Gasteiger partial charge on any atom is 0.228 e. The highest BCUT2D eigenvalue weighted by atomic mass is 16.5. The van der Waals surface area contributed by atoms with Crippen LogP contribution in [-0.4, -0.2) is 75.6 Å². The summed E-state index contributed by atoms with van der Waals surface area (Å²) in [5, 5.41) is 10.9. The fraction of sp³-hybridized carbons (Fsp3) is 0.500. The molecule has 1 heterocycles. The number of aliphatic hydroxyl groups excluding tert-OH is 1. The van der Waals surface area contributed by atoms with Crippen LogP contribution in [0.4, 0.5) is 0 Å². The summed E-state index contributed by atoms with van der Waals surface area (Å²) in [7, 11) is 8.30. The zero-order valence-corrected chi connectivity index (χ0v) is 21.0. The first kappa shape index (κ1) is 25.6. The van der Waals surface area contributed by atoms with Gasteiger partial charge in [0.1, 0.15) is 0 Å². The molecule has 1 amide bonds. The van der Waals surface area contributed by atoms with Crippen molar-refractivity contribution in [2.24, 2.45) is 0 Å². The van der Waals surface area contributed by atoms with Crippen LogP contribution >= 0.6 is 0 Å². The van der Waals surface area contributed by atoms with E-state index < -0.39 is 6.10 Å². The van der Waals surface area contributed by atoms with E-state index in [4.69, 9.17) is 18.9 Å². The van der Waals surface area contributed by atoms with Gasteiger partial charge < -0.3 is 29.0 Å². The molecule has 1 aliphatic heterocycles. The second-order valence-corrected chi connectivity index (χ2v) is 8.45. The first-order chi connectivity index (χ1) is 16.4. The maximum atomic E-state index is 13.3. The highest BCUT2D eigenvalue weighted by Crippen LogP contribution is 2.33. The summed E-state index contributed by atoms with van der Waals surface area (Å²) in [6.07, 6.45) is 0.888. The Balaban J connectivity index is 1.75. The Morgan fingerprint density at radius 2 is 1.53 bits per heavy atom. The maximum absolute atomic E-state index is 13.3. The van der Waals surface area contributed by atoms with Gasteiger partial charge in [0.15, 0.2) is 23.0 Å². The van der Waals surface area contributed by atoms with Gasteiger partial charge in [0, 0.05) is 13.1 Å². The molecule has 34 heavy (non-hydrogen) atoms. The normalized spacial score (nSPS) is 15.4. The van der Waals surface area contributed by atoms with Crippen molar-refractivity contribution in [1.82, 2.24) is 9.80 Å². The number of nitrogens with zero attached hydrogens (tertiary/aromatic N) is 2. The number of hydrogen-bond donors (Lipinski definition) is 1. The molecule has 8 nitrogen and oxygen atoms in total. The molecule has 0 aliphatic carbocycles. The number of ether oxygens (including phenoxy) is 4. The minimum Gasteiger partial charge on any atom is -0.493 e. The Bertz CT molecular complexity index is 995. The Morgan fingerprint density at radius 1 is 0.941 bits per heavy atom. The predicted molar refractivity (Wildman–Crippen MR) is 130 cm³/mol. The Morgan fingerprint density at radius 3 is 2.12 bits per heavy atom. The monoisotopic (exact) mass is 472 g/mol. The quantitative estimate of drug-likeness (QED) is 0.569. The number of aliphatic hydroxyl groups is 1. The minimum atomic E-state index is -0.744. The van der Waals surface area contributed by atoms with Gasteiger partial charge in [-0.2, -0.15) is 0 Å². The molecule has 3 rings (SSSR count). The second kappa shape index (κ2) is 11.4. The van der Waals surface area contributed by atoms with E-state index in [9.17, 15) is 9.90 Å². The van der Waals surface area contributed by atoms with Gasteiger partial charge in [-0.1, -0.05) is 13.0 Å². The molecular formula is C26H36N2O6. The molecule has 0 fully saturated rings. The summed E-state index contributed by atoms with van der Waals surface area (Å²) in [5.74, 6) is 2.54. The van der Waals surface area contributed by atoms with Crippen molar-refractivity contribution in [3.8, 4) is 23.0 Å². The van der Waals surface area contributed by atoms with Gasteiger partial charge >= 0.3 is 0 Å². The molecule has 0 radical (unpaired) electrons. The standard InChI is InChI=1S/C26H36N2O6/c1-7-25(27(2)16-20(29)18-8-9-21(31-3)22(13-18)32-4)28-11-10-17-12-23(33-5)24(34-6)14-19(17)15-26(28)30/h8-9,12-14,20,25,29H,7,10-11,15-16H2,1-6H3. The smallest absolute Gasteiger partial charge is 0.228 e. The van der Waals surface area contributed by atoms with Gasteiger partial charge in [-0.15, -0.1) is 0 Å². The number of fused-ring (bicyclic) bond motifs is 1. The largest absolute Gasteiger partial charge is 0.493 e. The molecule has 1 aliphatic rings. The predicted octanol–water partition coefficient (Wildman–Crippen LogP) is 3.05.